The zero-order chi connectivity index (χ0) is 18.9. The molecule has 0 heterocycles. The van der Waals surface area contributed by atoms with Crippen molar-refractivity contribution in [1.29, 1.82) is 0 Å². The number of ether oxygens (including phenoxy) is 3. The van der Waals surface area contributed by atoms with E-state index in [1.165, 1.54) is 0 Å². The molecule has 26 heavy (non-hydrogen) atoms. The third-order valence-corrected chi connectivity index (χ3v) is 4.18. The molecular weight excluding hydrogens is 330 g/mol. The van der Waals surface area contributed by atoms with Gasteiger partial charge in [0.15, 0.2) is 11.5 Å². The lowest BCUT2D eigenvalue weighted by Gasteiger charge is -2.17. The quantitative estimate of drug-likeness (QED) is 0.739. The van der Waals surface area contributed by atoms with E-state index in [1.54, 1.807) is 14.2 Å². The third kappa shape index (κ3) is 5.15. The van der Waals surface area contributed by atoms with Gasteiger partial charge in [-0.15, -0.1) is 0 Å². The first-order chi connectivity index (χ1) is 12.6. The van der Waals surface area contributed by atoms with Crippen LogP contribution in [0.3, 0.4) is 0 Å². The van der Waals surface area contributed by atoms with Gasteiger partial charge in [0.25, 0.3) is 0 Å². The molecule has 2 aromatic carbocycles. The molecule has 1 N–H and O–H groups in total. The van der Waals surface area contributed by atoms with Crippen LogP contribution in [0.25, 0.3) is 0 Å². The van der Waals surface area contributed by atoms with Crippen LogP contribution in [0.1, 0.15) is 37.4 Å². The molecule has 0 aliphatic heterocycles. The highest BCUT2D eigenvalue weighted by molar-refractivity contribution is 5.76. The average molecular weight is 357 g/mol. The number of carbonyl (C=O) groups excluding carboxylic acids is 1. The van der Waals surface area contributed by atoms with Crippen LogP contribution in [-0.2, 0) is 11.2 Å². The molecule has 2 rings (SSSR count). The number of methoxy groups -OCH3 is 2. The molecule has 5 heteroatoms. The number of benzene rings is 2. The number of hydrogen-bond donors (Lipinski definition) is 1. The molecule has 140 valence electrons. The summed E-state index contributed by atoms with van der Waals surface area (Å²) in [5.41, 5.74) is 2.01. The SMILES string of the molecule is CCOc1ccccc1CCC(=O)NC(C)c1ccc(OC)c(OC)c1. The van der Waals surface area contributed by atoms with Crippen molar-refractivity contribution in [3.63, 3.8) is 0 Å². The summed E-state index contributed by atoms with van der Waals surface area (Å²) in [5, 5.41) is 3.03. The van der Waals surface area contributed by atoms with E-state index in [4.69, 9.17) is 14.2 Å². The number of para-hydroxylation sites is 1. The molecule has 0 bridgehead atoms. The first-order valence-electron chi connectivity index (χ1n) is 8.81. The van der Waals surface area contributed by atoms with Crippen LogP contribution >= 0.6 is 0 Å². The Bertz CT molecular complexity index is 730. The summed E-state index contributed by atoms with van der Waals surface area (Å²) < 4.78 is 16.2. The lowest BCUT2D eigenvalue weighted by Crippen LogP contribution is -2.26. The second-order valence-electron chi connectivity index (χ2n) is 5.94. The highest BCUT2D eigenvalue weighted by atomic mass is 16.5. The maximum absolute atomic E-state index is 12.3. The Balaban J connectivity index is 1.95. The summed E-state index contributed by atoms with van der Waals surface area (Å²) in [6.45, 7) is 4.52. The Morgan fingerprint density at radius 3 is 2.46 bits per heavy atom. The number of hydrogen-bond acceptors (Lipinski definition) is 4. The van der Waals surface area contributed by atoms with E-state index in [0.717, 1.165) is 16.9 Å². The number of rotatable bonds is 9. The van der Waals surface area contributed by atoms with Gasteiger partial charge in [-0.3, -0.25) is 4.79 Å². The van der Waals surface area contributed by atoms with Crippen molar-refractivity contribution < 1.29 is 19.0 Å². The van der Waals surface area contributed by atoms with Gasteiger partial charge in [0.05, 0.1) is 26.9 Å². The van der Waals surface area contributed by atoms with Gasteiger partial charge in [0, 0.05) is 6.42 Å². The zero-order valence-corrected chi connectivity index (χ0v) is 15.9. The zero-order valence-electron chi connectivity index (χ0n) is 15.9. The van der Waals surface area contributed by atoms with Crippen molar-refractivity contribution in [2.45, 2.75) is 32.7 Å². The lowest BCUT2D eigenvalue weighted by atomic mass is 10.1. The van der Waals surface area contributed by atoms with Crippen molar-refractivity contribution >= 4 is 5.91 Å². The molecule has 1 atom stereocenters. The Morgan fingerprint density at radius 1 is 1.04 bits per heavy atom. The summed E-state index contributed by atoms with van der Waals surface area (Å²) in [4.78, 5) is 12.3. The second-order valence-corrected chi connectivity index (χ2v) is 5.94. The minimum atomic E-state index is -0.121. The van der Waals surface area contributed by atoms with Crippen molar-refractivity contribution in [3.05, 3.63) is 53.6 Å². The highest BCUT2D eigenvalue weighted by Crippen LogP contribution is 2.30. The van der Waals surface area contributed by atoms with Crippen molar-refractivity contribution in [1.82, 2.24) is 5.32 Å². The summed E-state index contributed by atoms with van der Waals surface area (Å²) in [7, 11) is 3.20. The number of carbonyl (C=O) groups is 1. The Morgan fingerprint density at radius 2 is 1.77 bits per heavy atom. The number of aryl methyl sites for hydroxylation is 1. The maximum atomic E-state index is 12.3. The summed E-state index contributed by atoms with van der Waals surface area (Å²) in [6, 6.07) is 13.4. The molecule has 0 aliphatic rings. The van der Waals surface area contributed by atoms with Crippen molar-refractivity contribution in [2.24, 2.45) is 0 Å². The van der Waals surface area contributed by atoms with Crippen LogP contribution < -0.4 is 19.5 Å². The van der Waals surface area contributed by atoms with Gasteiger partial charge >= 0.3 is 0 Å². The second kappa shape index (κ2) is 9.70. The molecule has 0 spiro atoms. The molecule has 0 aromatic heterocycles. The highest BCUT2D eigenvalue weighted by Gasteiger charge is 2.13. The lowest BCUT2D eigenvalue weighted by molar-refractivity contribution is -0.121. The fourth-order valence-electron chi connectivity index (χ4n) is 2.77. The largest absolute Gasteiger partial charge is 0.494 e. The summed E-state index contributed by atoms with van der Waals surface area (Å²) >= 11 is 0. The Kier molecular flexibility index (Phi) is 7.33. The standard InChI is InChI=1S/C21H27NO4/c1-5-26-18-9-7-6-8-16(18)11-13-21(23)22-15(2)17-10-12-19(24-3)20(14-17)25-4/h6-10,12,14-15H,5,11,13H2,1-4H3,(H,22,23). The fourth-order valence-corrected chi connectivity index (χ4v) is 2.77. The molecular formula is C21H27NO4. The van der Waals surface area contributed by atoms with E-state index >= 15 is 0 Å². The van der Waals surface area contributed by atoms with Gasteiger partial charge < -0.3 is 19.5 Å². The predicted molar refractivity (Wildman–Crippen MR) is 102 cm³/mol. The molecule has 0 saturated heterocycles. The molecule has 5 nitrogen and oxygen atoms in total. The minimum Gasteiger partial charge on any atom is -0.494 e. The first-order valence-corrected chi connectivity index (χ1v) is 8.81. The summed E-state index contributed by atoms with van der Waals surface area (Å²) in [5.74, 6) is 2.16. The van der Waals surface area contributed by atoms with Crippen LogP contribution in [0.5, 0.6) is 17.2 Å². The van der Waals surface area contributed by atoms with Gasteiger partial charge in [-0.05, 0) is 49.6 Å². The number of nitrogens with one attached hydrogen (secondary N) is 1. The average Bonchev–Trinajstić information content (AvgIpc) is 2.66. The van der Waals surface area contributed by atoms with Gasteiger partial charge in [0.2, 0.25) is 5.91 Å². The van der Waals surface area contributed by atoms with Gasteiger partial charge in [-0.25, -0.2) is 0 Å². The van der Waals surface area contributed by atoms with Gasteiger partial charge in [-0.2, -0.15) is 0 Å². The molecule has 0 saturated carbocycles. The van der Waals surface area contributed by atoms with Crippen LogP contribution in [0.4, 0.5) is 0 Å². The fraction of sp³-hybridized carbons (Fsp3) is 0.381. The predicted octanol–water partition coefficient (Wildman–Crippen LogP) is 3.91. The maximum Gasteiger partial charge on any atom is 0.220 e. The third-order valence-electron chi connectivity index (χ3n) is 4.18. The van der Waals surface area contributed by atoms with Crippen molar-refractivity contribution in [2.75, 3.05) is 20.8 Å². The molecule has 0 aliphatic carbocycles. The topological polar surface area (TPSA) is 56.8 Å². The minimum absolute atomic E-state index is 0.00131. The van der Waals surface area contributed by atoms with Gasteiger partial charge in [-0.1, -0.05) is 24.3 Å². The van der Waals surface area contributed by atoms with E-state index in [-0.39, 0.29) is 11.9 Å². The molecule has 0 radical (unpaired) electrons. The van der Waals surface area contributed by atoms with Crippen LogP contribution in [0.15, 0.2) is 42.5 Å². The molecule has 1 amide bonds. The monoisotopic (exact) mass is 357 g/mol. The first kappa shape index (κ1) is 19.6. The van der Waals surface area contributed by atoms with E-state index in [9.17, 15) is 4.79 Å². The van der Waals surface area contributed by atoms with E-state index in [2.05, 4.69) is 5.32 Å². The van der Waals surface area contributed by atoms with Gasteiger partial charge in [0.1, 0.15) is 5.75 Å². The Labute approximate surface area is 155 Å². The van der Waals surface area contributed by atoms with Crippen LogP contribution in [0.2, 0.25) is 0 Å². The van der Waals surface area contributed by atoms with Crippen LogP contribution in [0, 0.1) is 0 Å². The van der Waals surface area contributed by atoms with E-state index in [0.29, 0.717) is 30.9 Å². The van der Waals surface area contributed by atoms with E-state index in [1.807, 2.05) is 56.3 Å². The molecule has 0 fully saturated rings. The smallest absolute Gasteiger partial charge is 0.220 e. The van der Waals surface area contributed by atoms with E-state index < -0.39 is 0 Å². The molecule has 2 aromatic rings. The number of amides is 1. The van der Waals surface area contributed by atoms with Crippen molar-refractivity contribution in [3.8, 4) is 17.2 Å². The summed E-state index contributed by atoms with van der Waals surface area (Å²) in [6.07, 6.45) is 1.04. The normalized spacial score (nSPS) is 11.5. The molecule has 1 unspecified atom stereocenters. The Hall–Kier alpha value is -2.69. The van der Waals surface area contributed by atoms with Crippen LogP contribution in [-0.4, -0.2) is 26.7 Å².